The monoisotopic (exact) mass is 211 g/mol. The first-order valence-corrected chi connectivity index (χ1v) is 5.38. The van der Waals surface area contributed by atoms with Crippen LogP contribution in [0.5, 0.6) is 0 Å². The average molecular weight is 212 g/mol. The van der Waals surface area contributed by atoms with E-state index in [0.29, 0.717) is 5.15 Å². The minimum Gasteiger partial charge on any atom is -0.356 e. The highest BCUT2D eigenvalue weighted by Crippen LogP contribution is 2.26. The number of nitrogens with zero attached hydrogens (tertiary/aromatic N) is 3. The topological polar surface area (TPSA) is 29.0 Å². The Balaban J connectivity index is 2.40. The van der Waals surface area contributed by atoms with Crippen molar-refractivity contribution in [2.24, 2.45) is 0 Å². The summed E-state index contributed by atoms with van der Waals surface area (Å²) in [6, 6.07) is 0. The second-order valence-corrected chi connectivity index (χ2v) is 3.93. The minimum atomic E-state index is 0.596. The van der Waals surface area contributed by atoms with Crippen LogP contribution in [-0.4, -0.2) is 23.1 Å². The van der Waals surface area contributed by atoms with Crippen molar-refractivity contribution in [1.29, 1.82) is 0 Å². The first-order valence-electron chi connectivity index (χ1n) is 5.00. The third-order valence-electron chi connectivity index (χ3n) is 2.58. The van der Waals surface area contributed by atoms with Gasteiger partial charge in [-0.1, -0.05) is 18.5 Å². The summed E-state index contributed by atoms with van der Waals surface area (Å²) in [5.41, 5.74) is 1.00. The maximum atomic E-state index is 6.05. The van der Waals surface area contributed by atoms with Gasteiger partial charge in [0.1, 0.15) is 16.8 Å². The van der Waals surface area contributed by atoms with Gasteiger partial charge in [0.15, 0.2) is 0 Å². The van der Waals surface area contributed by atoms with Crippen molar-refractivity contribution in [3.63, 3.8) is 0 Å². The molecule has 0 amide bonds. The number of aromatic nitrogens is 2. The predicted octanol–water partition coefficient (Wildman–Crippen LogP) is 2.21. The highest BCUT2D eigenvalue weighted by atomic mass is 35.5. The maximum absolute atomic E-state index is 6.05. The summed E-state index contributed by atoms with van der Waals surface area (Å²) in [6.45, 7) is 6.21. The van der Waals surface area contributed by atoms with E-state index in [1.807, 2.05) is 13.8 Å². The first-order chi connectivity index (χ1) is 6.72. The molecule has 4 heteroatoms. The molecular weight excluding hydrogens is 198 g/mol. The molecule has 0 atom stereocenters. The molecule has 1 aliphatic rings. The lowest BCUT2D eigenvalue weighted by Crippen LogP contribution is -2.38. The van der Waals surface area contributed by atoms with Crippen LogP contribution in [0.4, 0.5) is 5.82 Å². The summed E-state index contributed by atoms with van der Waals surface area (Å²) in [4.78, 5) is 11.0. The van der Waals surface area contributed by atoms with Crippen molar-refractivity contribution in [3.05, 3.63) is 16.5 Å². The van der Waals surface area contributed by atoms with Crippen LogP contribution in [0.25, 0.3) is 0 Å². The van der Waals surface area contributed by atoms with E-state index in [1.54, 1.807) is 0 Å². The van der Waals surface area contributed by atoms with Crippen LogP contribution in [0.2, 0.25) is 5.15 Å². The van der Waals surface area contributed by atoms with Crippen molar-refractivity contribution < 1.29 is 0 Å². The van der Waals surface area contributed by atoms with E-state index in [-0.39, 0.29) is 0 Å². The molecule has 1 saturated heterocycles. The fourth-order valence-corrected chi connectivity index (χ4v) is 1.70. The average Bonchev–Trinajstić information content (AvgIpc) is 2.09. The number of hydrogen-bond acceptors (Lipinski definition) is 3. The Morgan fingerprint density at radius 1 is 1.36 bits per heavy atom. The highest BCUT2D eigenvalue weighted by molar-refractivity contribution is 6.30. The van der Waals surface area contributed by atoms with Crippen molar-refractivity contribution in [2.75, 3.05) is 18.0 Å². The van der Waals surface area contributed by atoms with E-state index in [1.165, 1.54) is 6.42 Å². The zero-order chi connectivity index (χ0) is 10.1. The molecule has 14 heavy (non-hydrogen) atoms. The Hall–Kier alpha value is -0.830. The van der Waals surface area contributed by atoms with Crippen LogP contribution >= 0.6 is 11.6 Å². The predicted molar refractivity (Wildman–Crippen MR) is 58.0 cm³/mol. The normalized spacial score (nSPS) is 15.5. The van der Waals surface area contributed by atoms with E-state index in [9.17, 15) is 0 Å². The quantitative estimate of drug-likeness (QED) is 0.703. The van der Waals surface area contributed by atoms with Gasteiger partial charge in [-0.3, -0.25) is 0 Å². The third-order valence-corrected chi connectivity index (χ3v) is 2.95. The Labute approximate surface area is 89.1 Å². The lowest BCUT2D eigenvalue weighted by molar-refractivity contribution is 0.604. The molecular formula is C10H14ClN3. The van der Waals surface area contributed by atoms with Crippen LogP contribution in [0.1, 0.15) is 24.7 Å². The van der Waals surface area contributed by atoms with Gasteiger partial charge in [-0.2, -0.15) is 0 Å². The molecule has 1 aromatic rings. The third kappa shape index (κ3) is 1.57. The molecule has 0 saturated carbocycles. The van der Waals surface area contributed by atoms with Gasteiger partial charge in [-0.15, -0.1) is 0 Å². The molecule has 0 radical (unpaired) electrons. The smallest absolute Gasteiger partial charge is 0.137 e. The Morgan fingerprint density at radius 2 is 2.07 bits per heavy atom. The number of hydrogen-bond donors (Lipinski definition) is 0. The van der Waals surface area contributed by atoms with E-state index in [0.717, 1.165) is 36.7 Å². The second-order valence-electron chi connectivity index (χ2n) is 3.57. The van der Waals surface area contributed by atoms with Crippen LogP contribution in [-0.2, 0) is 6.42 Å². The minimum absolute atomic E-state index is 0.596. The van der Waals surface area contributed by atoms with Crippen molar-refractivity contribution in [1.82, 2.24) is 9.97 Å². The Kier molecular flexibility index (Phi) is 2.59. The lowest BCUT2D eigenvalue weighted by Gasteiger charge is -2.33. The number of rotatable bonds is 2. The lowest BCUT2D eigenvalue weighted by atomic mass is 10.2. The van der Waals surface area contributed by atoms with Gasteiger partial charge in [-0.05, 0) is 13.3 Å². The highest BCUT2D eigenvalue weighted by Gasteiger charge is 2.20. The van der Waals surface area contributed by atoms with Crippen LogP contribution in [0.3, 0.4) is 0 Å². The molecule has 0 spiro atoms. The van der Waals surface area contributed by atoms with Crippen LogP contribution in [0.15, 0.2) is 0 Å². The van der Waals surface area contributed by atoms with Gasteiger partial charge < -0.3 is 4.90 Å². The van der Waals surface area contributed by atoms with Crippen LogP contribution < -0.4 is 4.90 Å². The fraction of sp³-hybridized carbons (Fsp3) is 0.600. The fourth-order valence-electron chi connectivity index (χ4n) is 1.51. The second kappa shape index (κ2) is 3.73. The number of aryl methyl sites for hydroxylation is 1. The Morgan fingerprint density at radius 3 is 2.57 bits per heavy atom. The molecule has 0 N–H and O–H groups in total. The van der Waals surface area contributed by atoms with Crippen molar-refractivity contribution in [3.8, 4) is 0 Å². The first kappa shape index (κ1) is 9.71. The van der Waals surface area contributed by atoms with E-state index in [2.05, 4.69) is 14.9 Å². The van der Waals surface area contributed by atoms with Gasteiger partial charge in [0.05, 0.1) is 0 Å². The molecule has 3 nitrogen and oxygen atoms in total. The molecule has 0 aromatic carbocycles. The van der Waals surface area contributed by atoms with Gasteiger partial charge in [0, 0.05) is 25.1 Å². The summed E-state index contributed by atoms with van der Waals surface area (Å²) in [5.74, 6) is 1.86. The number of anilines is 1. The standard InChI is InChI=1S/C10H14ClN3/c1-3-8-12-9(11)7(2)10(13-8)14-5-4-6-14/h3-6H2,1-2H3. The molecule has 1 aliphatic heterocycles. The number of halogens is 1. The summed E-state index contributed by atoms with van der Waals surface area (Å²) < 4.78 is 0. The SMILES string of the molecule is CCc1nc(Cl)c(C)c(N2CCC2)n1. The van der Waals surface area contributed by atoms with Gasteiger partial charge in [0.25, 0.3) is 0 Å². The summed E-state index contributed by atoms with van der Waals surface area (Å²) in [5, 5.41) is 0.596. The summed E-state index contributed by atoms with van der Waals surface area (Å²) >= 11 is 6.05. The molecule has 2 heterocycles. The van der Waals surface area contributed by atoms with Gasteiger partial charge in [0.2, 0.25) is 0 Å². The zero-order valence-electron chi connectivity index (χ0n) is 8.55. The summed E-state index contributed by atoms with van der Waals surface area (Å²) in [7, 11) is 0. The summed E-state index contributed by atoms with van der Waals surface area (Å²) in [6.07, 6.45) is 2.09. The molecule has 76 valence electrons. The van der Waals surface area contributed by atoms with Gasteiger partial charge in [-0.25, -0.2) is 9.97 Å². The molecule has 0 bridgehead atoms. The van der Waals surface area contributed by atoms with E-state index in [4.69, 9.17) is 11.6 Å². The van der Waals surface area contributed by atoms with E-state index < -0.39 is 0 Å². The van der Waals surface area contributed by atoms with Crippen molar-refractivity contribution in [2.45, 2.75) is 26.7 Å². The van der Waals surface area contributed by atoms with Gasteiger partial charge >= 0.3 is 0 Å². The van der Waals surface area contributed by atoms with Crippen molar-refractivity contribution >= 4 is 17.4 Å². The molecule has 1 aromatic heterocycles. The molecule has 0 aliphatic carbocycles. The molecule has 0 unspecified atom stereocenters. The van der Waals surface area contributed by atoms with E-state index >= 15 is 0 Å². The maximum Gasteiger partial charge on any atom is 0.137 e. The Bertz CT molecular complexity index is 347. The molecule has 1 fully saturated rings. The van der Waals surface area contributed by atoms with Crippen LogP contribution in [0, 0.1) is 6.92 Å². The largest absolute Gasteiger partial charge is 0.356 e. The zero-order valence-corrected chi connectivity index (χ0v) is 9.30. The molecule has 2 rings (SSSR count).